The first kappa shape index (κ1) is 27.5. The van der Waals surface area contributed by atoms with Crippen LogP contribution in [0.5, 0.6) is 0 Å². The molecule has 2 aromatic rings. The molecule has 4 rings (SSSR count). The fourth-order valence-electron chi connectivity index (χ4n) is 4.72. The zero-order chi connectivity index (χ0) is 26.0. The van der Waals surface area contributed by atoms with E-state index in [1.807, 2.05) is 60.7 Å². The van der Waals surface area contributed by atoms with Gasteiger partial charge in [-0.1, -0.05) is 73.5 Å². The zero-order valence-electron chi connectivity index (χ0n) is 21.0. The molecule has 0 aliphatic carbocycles. The largest absolute Gasteiger partial charge is 0.445 e. The van der Waals surface area contributed by atoms with E-state index in [2.05, 4.69) is 5.32 Å². The molecule has 2 aromatic carbocycles. The van der Waals surface area contributed by atoms with Gasteiger partial charge in [0.05, 0.1) is 12.6 Å². The molecule has 2 fully saturated rings. The number of hydrogen-bond donors (Lipinski definition) is 4. The lowest BCUT2D eigenvalue weighted by atomic mass is 9.86. The monoisotopic (exact) mass is 514 g/mol. The Morgan fingerprint density at radius 1 is 0.919 bits per heavy atom. The van der Waals surface area contributed by atoms with Crippen LogP contribution >= 0.6 is 0 Å². The zero-order valence-corrected chi connectivity index (χ0v) is 21.0. The molecular formula is C28H38N2O7. The summed E-state index contributed by atoms with van der Waals surface area (Å²) < 4.78 is 17.1. The molecule has 0 aromatic heterocycles. The highest BCUT2D eigenvalue weighted by molar-refractivity contribution is 5.67. The number of amides is 1. The topological polar surface area (TPSA) is 121 Å². The fourth-order valence-corrected chi connectivity index (χ4v) is 4.72. The minimum atomic E-state index is -1.11. The molecule has 0 radical (unpaired) electrons. The van der Waals surface area contributed by atoms with Crippen molar-refractivity contribution in [2.75, 3.05) is 19.8 Å². The fraction of sp³-hybridized carbons (Fsp3) is 0.536. The maximum absolute atomic E-state index is 12.8. The van der Waals surface area contributed by atoms with Crippen LogP contribution in [-0.2, 0) is 27.4 Å². The van der Waals surface area contributed by atoms with E-state index in [0.717, 1.165) is 36.8 Å². The van der Waals surface area contributed by atoms with Gasteiger partial charge in [0.25, 0.3) is 0 Å². The number of fused-ring (bicyclic) bond motifs is 1. The van der Waals surface area contributed by atoms with Crippen LogP contribution in [0.3, 0.4) is 0 Å². The van der Waals surface area contributed by atoms with Gasteiger partial charge in [-0.05, 0) is 24.0 Å². The first-order valence-corrected chi connectivity index (χ1v) is 13.1. The number of aliphatic hydroxyl groups is 3. The summed E-state index contributed by atoms with van der Waals surface area (Å²) in [5.74, 6) is 0. The van der Waals surface area contributed by atoms with Crippen LogP contribution in [0.15, 0.2) is 60.7 Å². The molecule has 9 nitrogen and oxygen atoms in total. The van der Waals surface area contributed by atoms with E-state index in [9.17, 15) is 20.1 Å². The van der Waals surface area contributed by atoms with Crippen molar-refractivity contribution in [2.24, 2.45) is 0 Å². The number of ether oxygens (including phenoxy) is 3. The van der Waals surface area contributed by atoms with E-state index in [1.54, 1.807) is 4.90 Å². The van der Waals surface area contributed by atoms with Crippen molar-refractivity contribution in [2.45, 2.75) is 75.5 Å². The van der Waals surface area contributed by atoms with Gasteiger partial charge in [0.2, 0.25) is 0 Å². The van der Waals surface area contributed by atoms with Crippen molar-refractivity contribution < 1.29 is 34.3 Å². The second-order valence-corrected chi connectivity index (χ2v) is 9.65. The molecule has 6 atom stereocenters. The van der Waals surface area contributed by atoms with Crippen LogP contribution in [0.2, 0.25) is 0 Å². The third-order valence-electron chi connectivity index (χ3n) is 6.92. The van der Waals surface area contributed by atoms with E-state index in [1.165, 1.54) is 0 Å². The second kappa shape index (κ2) is 13.9. The van der Waals surface area contributed by atoms with Crippen molar-refractivity contribution in [3.8, 4) is 0 Å². The molecule has 0 spiro atoms. The number of hydrogen-bond acceptors (Lipinski definition) is 8. The van der Waals surface area contributed by atoms with Crippen LogP contribution in [0, 0.1) is 0 Å². The molecular weight excluding hydrogens is 476 g/mol. The van der Waals surface area contributed by atoms with Gasteiger partial charge in [-0.2, -0.15) is 0 Å². The average molecular weight is 515 g/mol. The summed E-state index contributed by atoms with van der Waals surface area (Å²) >= 11 is 0. The lowest BCUT2D eigenvalue weighted by Crippen LogP contribution is -2.77. The van der Waals surface area contributed by atoms with Gasteiger partial charge in [0.15, 0.2) is 0 Å². The molecule has 4 N–H and O–H groups in total. The SMILES string of the molecule is O=C(OCc1ccccc1)N(CCCCCCOC1NC2C(O)C(O)C(CO)OC12)Cc1ccccc1. The van der Waals surface area contributed by atoms with E-state index in [0.29, 0.717) is 19.7 Å². The number of nitrogens with zero attached hydrogens (tertiary/aromatic N) is 1. The summed E-state index contributed by atoms with van der Waals surface area (Å²) in [5.41, 5.74) is 2.02. The van der Waals surface area contributed by atoms with Crippen molar-refractivity contribution in [1.29, 1.82) is 0 Å². The van der Waals surface area contributed by atoms with Gasteiger partial charge < -0.3 is 34.4 Å². The van der Waals surface area contributed by atoms with Crippen molar-refractivity contribution in [1.82, 2.24) is 10.2 Å². The highest BCUT2D eigenvalue weighted by Crippen LogP contribution is 2.30. The third-order valence-corrected chi connectivity index (χ3v) is 6.92. The van der Waals surface area contributed by atoms with Gasteiger partial charge >= 0.3 is 6.09 Å². The lowest BCUT2D eigenvalue weighted by Gasteiger charge is -2.53. The van der Waals surface area contributed by atoms with Gasteiger partial charge in [0, 0.05) is 19.7 Å². The number of benzene rings is 2. The normalized spacial score (nSPS) is 26.7. The Morgan fingerprint density at radius 2 is 1.59 bits per heavy atom. The first-order chi connectivity index (χ1) is 18.1. The van der Waals surface area contributed by atoms with Gasteiger partial charge in [0.1, 0.15) is 37.3 Å². The lowest BCUT2D eigenvalue weighted by molar-refractivity contribution is -0.271. The summed E-state index contributed by atoms with van der Waals surface area (Å²) in [6, 6.07) is 19.2. The highest BCUT2D eigenvalue weighted by atomic mass is 16.6. The molecule has 1 amide bonds. The molecule has 6 unspecified atom stereocenters. The van der Waals surface area contributed by atoms with E-state index < -0.39 is 18.3 Å². The summed E-state index contributed by atoms with van der Waals surface area (Å²) in [5, 5.41) is 32.5. The number of rotatable bonds is 13. The van der Waals surface area contributed by atoms with Crippen LogP contribution in [0.4, 0.5) is 4.79 Å². The van der Waals surface area contributed by atoms with E-state index in [4.69, 9.17) is 14.2 Å². The molecule has 2 aliphatic heterocycles. The number of unbranched alkanes of at least 4 members (excludes halogenated alkanes) is 3. The molecule has 9 heteroatoms. The summed E-state index contributed by atoms with van der Waals surface area (Å²) in [4.78, 5) is 14.6. The molecule has 0 saturated carbocycles. The Balaban J connectivity index is 1.15. The Labute approximate surface area is 218 Å². The van der Waals surface area contributed by atoms with Crippen molar-refractivity contribution in [3.63, 3.8) is 0 Å². The summed E-state index contributed by atoms with van der Waals surface area (Å²) in [6.07, 6.45) is -0.382. The Bertz CT molecular complexity index is 946. The summed E-state index contributed by atoms with van der Waals surface area (Å²) in [6.45, 7) is 1.53. The number of aliphatic hydroxyl groups excluding tert-OH is 3. The second-order valence-electron chi connectivity index (χ2n) is 9.65. The van der Waals surface area contributed by atoms with Crippen LogP contribution in [0.1, 0.15) is 36.8 Å². The van der Waals surface area contributed by atoms with Crippen LogP contribution < -0.4 is 5.32 Å². The molecule has 202 valence electrons. The first-order valence-electron chi connectivity index (χ1n) is 13.1. The predicted octanol–water partition coefficient (Wildman–Crippen LogP) is 2.18. The van der Waals surface area contributed by atoms with Crippen molar-refractivity contribution in [3.05, 3.63) is 71.8 Å². The van der Waals surface area contributed by atoms with E-state index >= 15 is 0 Å². The maximum atomic E-state index is 12.8. The van der Waals surface area contributed by atoms with Gasteiger partial charge in [-0.3, -0.25) is 5.32 Å². The molecule has 2 heterocycles. The van der Waals surface area contributed by atoms with Crippen molar-refractivity contribution >= 4 is 6.09 Å². The van der Waals surface area contributed by atoms with Crippen LogP contribution in [0.25, 0.3) is 0 Å². The van der Waals surface area contributed by atoms with Gasteiger partial charge in [-0.25, -0.2) is 4.79 Å². The summed E-state index contributed by atoms with van der Waals surface area (Å²) in [7, 11) is 0. The maximum Gasteiger partial charge on any atom is 0.410 e. The Kier molecular flexibility index (Phi) is 10.3. The molecule has 2 aliphatic rings. The minimum Gasteiger partial charge on any atom is -0.445 e. The van der Waals surface area contributed by atoms with Gasteiger partial charge in [-0.15, -0.1) is 0 Å². The smallest absolute Gasteiger partial charge is 0.410 e. The number of nitrogens with one attached hydrogen (secondary N) is 1. The molecule has 37 heavy (non-hydrogen) atoms. The quantitative estimate of drug-likeness (QED) is 0.300. The highest BCUT2D eigenvalue weighted by Gasteiger charge is 2.54. The standard InChI is InChI=1S/C28H38N2O7/c31-18-22-24(32)25(33)23-26(37-22)27(29-23)35-16-10-2-1-9-15-30(17-20-11-5-3-6-12-20)28(34)36-19-21-13-7-4-8-14-21/h3-8,11-14,22-27,29,31-33H,1-2,9-10,15-19H2. The average Bonchev–Trinajstić information content (AvgIpc) is 2.92. The van der Waals surface area contributed by atoms with Crippen LogP contribution in [-0.4, -0.2) is 82.8 Å². The Morgan fingerprint density at radius 3 is 2.30 bits per heavy atom. The molecule has 0 bridgehead atoms. The number of carbonyl (C=O) groups is 1. The predicted molar refractivity (Wildman–Crippen MR) is 136 cm³/mol. The third kappa shape index (κ3) is 7.50. The molecule has 2 saturated heterocycles. The minimum absolute atomic E-state index is 0.248. The number of carbonyl (C=O) groups excluding carboxylic acids is 1. The van der Waals surface area contributed by atoms with E-state index in [-0.39, 0.29) is 37.7 Å². The Hall–Kier alpha value is -2.53.